The van der Waals surface area contributed by atoms with E-state index < -0.39 is 23.3 Å². The topological polar surface area (TPSA) is 40.5 Å². The molecule has 0 saturated heterocycles. The Morgan fingerprint density at radius 2 is 1.76 bits per heavy atom. The second-order valence-corrected chi connectivity index (χ2v) is 10.9. The van der Waals surface area contributed by atoms with Crippen LogP contribution in [0, 0.1) is 0 Å². The molecule has 1 aliphatic heterocycles. The van der Waals surface area contributed by atoms with Crippen molar-refractivity contribution in [2.24, 2.45) is 0 Å². The van der Waals surface area contributed by atoms with Gasteiger partial charge in [0, 0.05) is 22.1 Å². The highest BCUT2D eigenvalue weighted by Gasteiger charge is 2.32. The van der Waals surface area contributed by atoms with Crippen molar-refractivity contribution in [3.05, 3.63) is 81.9 Å². The third-order valence-corrected chi connectivity index (χ3v) is 8.05. The second kappa shape index (κ2) is 10.9. The molecular weight excluding hydrogens is 511 g/mol. The van der Waals surface area contributed by atoms with Crippen LogP contribution in [0.1, 0.15) is 58.6 Å². The van der Waals surface area contributed by atoms with E-state index in [2.05, 4.69) is 18.4 Å². The molecule has 0 spiro atoms. The van der Waals surface area contributed by atoms with Gasteiger partial charge in [0.25, 0.3) is 0 Å². The van der Waals surface area contributed by atoms with Gasteiger partial charge in [0.1, 0.15) is 5.75 Å². The quantitative estimate of drug-likeness (QED) is 0.267. The zero-order valence-corrected chi connectivity index (χ0v) is 23.1. The molecule has 1 aliphatic rings. The molecule has 0 N–H and O–H groups in total. The van der Waals surface area contributed by atoms with Crippen LogP contribution >= 0.6 is 11.8 Å². The number of esters is 1. The second-order valence-electron chi connectivity index (χ2n) is 9.84. The molecule has 0 radical (unpaired) electrons. The molecule has 0 atom stereocenters. The van der Waals surface area contributed by atoms with Crippen molar-refractivity contribution < 1.29 is 27.4 Å². The van der Waals surface area contributed by atoms with E-state index in [1.807, 2.05) is 30.5 Å². The molecule has 202 valence electrons. The number of thioether (sulfide) groups is 1. The summed E-state index contributed by atoms with van der Waals surface area (Å²) in [6.45, 7) is 10.2. The molecule has 0 unspecified atom stereocenters. The molecule has 0 fully saturated rings. The first kappa shape index (κ1) is 27.9. The van der Waals surface area contributed by atoms with Gasteiger partial charge >= 0.3 is 12.1 Å². The predicted octanol–water partition coefficient (Wildman–Crippen LogP) is 8.61. The summed E-state index contributed by atoms with van der Waals surface area (Å²) in [4.78, 5) is 14.5. The number of fused-ring (bicyclic) bond motifs is 1. The van der Waals surface area contributed by atoms with E-state index in [1.165, 1.54) is 11.1 Å². The fourth-order valence-corrected chi connectivity index (χ4v) is 5.78. The van der Waals surface area contributed by atoms with Crippen molar-refractivity contribution in [3.8, 4) is 5.75 Å². The average molecular weight is 544 g/mol. The lowest BCUT2D eigenvalue weighted by Gasteiger charge is -2.25. The first-order chi connectivity index (χ1) is 17.9. The van der Waals surface area contributed by atoms with E-state index >= 15 is 0 Å². The van der Waals surface area contributed by atoms with Gasteiger partial charge in [0.05, 0.1) is 24.2 Å². The normalized spacial score (nSPS) is 14.8. The lowest BCUT2D eigenvalue weighted by Crippen LogP contribution is -2.39. The lowest BCUT2D eigenvalue weighted by atomic mass is 9.99. The van der Waals surface area contributed by atoms with Crippen molar-refractivity contribution in [3.63, 3.8) is 0 Å². The van der Waals surface area contributed by atoms with Crippen LogP contribution in [-0.2, 0) is 22.3 Å². The van der Waals surface area contributed by atoms with Crippen LogP contribution in [0.3, 0.4) is 0 Å². The molecule has 3 aromatic rings. The maximum absolute atomic E-state index is 13.1. The summed E-state index contributed by atoms with van der Waals surface area (Å²) in [6, 6.07) is 13.2. The van der Waals surface area contributed by atoms with Gasteiger partial charge < -0.3 is 14.0 Å². The largest absolute Gasteiger partial charge is 0.476 e. The van der Waals surface area contributed by atoms with Gasteiger partial charge in [-0.05, 0) is 81.8 Å². The summed E-state index contributed by atoms with van der Waals surface area (Å²) >= 11 is 1.63. The summed E-state index contributed by atoms with van der Waals surface area (Å²) in [5, 5.41) is 1.04. The first-order valence-electron chi connectivity index (χ1n) is 12.6. The van der Waals surface area contributed by atoms with Gasteiger partial charge in [-0.1, -0.05) is 42.0 Å². The molecule has 0 saturated carbocycles. The zero-order chi connectivity index (χ0) is 27.7. The van der Waals surface area contributed by atoms with E-state index in [-0.39, 0.29) is 6.61 Å². The third kappa shape index (κ3) is 5.96. The summed E-state index contributed by atoms with van der Waals surface area (Å²) < 4.78 is 52.5. The van der Waals surface area contributed by atoms with Crippen LogP contribution in [-0.4, -0.2) is 22.7 Å². The summed E-state index contributed by atoms with van der Waals surface area (Å²) in [7, 11) is 0. The van der Waals surface area contributed by atoms with Crippen molar-refractivity contribution in [2.75, 3.05) is 6.61 Å². The number of alkyl halides is 3. The molecule has 0 aliphatic carbocycles. The molecule has 0 bridgehead atoms. The Balaban J connectivity index is 1.59. The monoisotopic (exact) mass is 543 g/mol. The van der Waals surface area contributed by atoms with E-state index in [9.17, 15) is 18.0 Å². The van der Waals surface area contributed by atoms with E-state index in [0.29, 0.717) is 12.3 Å². The minimum Gasteiger partial charge on any atom is -0.476 e. The number of hydrogen-bond donors (Lipinski definition) is 0. The van der Waals surface area contributed by atoms with Gasteiger partial charge in [-0.3, -0.25) is 0 Å². The Hall–Kier alpha value is -3.13. The SMILES string of the molecule is CCOC(=O)C(C)(C)Oc1ccc2ccn(CC3=C(C)CC(CC)=C(c4ccc(C(F)(F)F)cc4)S3)c2c1. The van der Waals surface area contributed by atoms with E-state index in [1.54, 1.807) is 44.7 Å². The first-order valence-corrected chi connectivity index (χ1v) is 13.5. The smallest absolute Gasteiger partial charge is 0.416 e. The molecule has 38 heavy (non-hydrogen) atoms. The summed E-state index contributed by atoms with van der Waals surface area (Å²) in [5.74, 6) is 0.139. The Labute approximate surface area is 225 Å². The zero-order valence-electron chi connectivity index (χ0n) is 22.2. The van der Waals surface area contributed by atoms with Gasteiger partial charge in [-0.25, -0.2) is 4.79 Å². The molecule has 4 rings (SSSR count). The van der Waals surface area contributed by atoms with Crippen molar-refractivity contribution in [1.82, 2.24) is 4.57 Å². The highest BCUT2D eigenvalue weighted by Crippen LogP contribution is 2.46. The molecule has 2 heterocycles. The van der Waals surface area contributed by atoms with Gasteiger partial charge in [0.2, 0.25) is 0 Å². The molecule has 0 amide bonds. The highest BCUT2D eigenvalue weighted by molar-refractivity contribution is 8.11. The predicted molar refractivity (Wildman–Crippen MR) is 147 cm³/mol. The van der Waals surface area contributed by atoms with Crippen LogP contribution in [0.15, 0.2) is 70.8 Å². The van der Waals surface area contributed by atoms with Crippen LogP contribution in [0.2, 0.25) is 0 Å². The molecule has 1 aromatic heterocycles. The van der Waals surface area contributed by atoms with Crippen LogP contribution in [0.25, 0.3) is 15.8 Å². The van der Waals surface area contributed by atoms with Gasteiger partial charge in [-0.15, -0.1) is 0 Å². The summed E-state index contributed by atoms with van der Waals surface area (Å²) in [5.41, 5.74) is 2.47. The van der Waals surface area contributed by atoms with E-state index in [0.717, 1.165) is 51.3 Å². The Morgan fingerprint density at radius 1 is 1.05 bits per heavy atom. The highest BCUT2D eigenvalue weighted by atomic mass is 32.2. The van der Waals surface area contributed by atoms with Crippen molar-refractivity contribution >= 4 is 33.5 Å². The standard InChI is InChI=1S/C30H32F3NO3S/c1-6-20-16-19(3)26(38-27(20)22-8-11-23(12-9-22)30(31,32)33)18-34-15-14-21-10-13-24(17-25(21)34)37-29(4,5)28(35)36-7-2/h8-15,17H,6-7,16,18H2,1-5H3. The molecule has 8 heteroatoms. The number of halogens is 3. The van der Waals surface area contributed by atoms with Crippen molar-refractivity contribution in [1.29, 1.82) is 0 Å². The average Bonchev–Trinajstić information content (AvgIpc) is 3.26. The number of allylic oxidation sites excluding steroid dienone is 3. The lowest BCUT2D eigenvalue weighted by molar-refractivity contribution is -0.158. The fraction of sp³-hybridized carbons (Fsp3) is 0.367. The number of nitrogens with zero attached hydrogens (tertiary/aromatic N) is 1. The maximum Gasteiger partial charge on any atom is 0.416 e. The summed E-state index contributed by atoms with van der Waals surface area (Å²) in [6.07, 6.45) is -0.720. The maximum atomic E-state index is 13.1. The van der Waals surface area contributed by atoms with Crippen LogP contribution in [0.5, 0.6) is 5.75 Å². The Bertz CT molecular complexity index is 1400. The third-order valence-electron chi connectivity index (χ3n) is 6.60. The van der Waals surface area contributed by atoms with Crippen LogP contribution in [0.4, 0.5) is 13.2 Å². The Morgan fingerprint density at radius 3 is 2.39 bits per heavy atom. The Kier molecular flexibility index (Phi) is 8.02. The van der Waals surface area contributed by atoms with E-state index in [4.69, 9.17) is 9.47 Å². The number of hydrogen-bond acceptors (Lipinski definition) is 4. The van der Waals surface area contributed by atoms with Gasteiger partial charge in [0.15, 0.2) is 5.60 Å². The number of aromatic nitrogens is 1. The fourth-order valence-electron chi connectivity index (χ4n) is 4.47. The van der Waals surface area contributed by atoms with Crippen molar-refractivity contribution in [2.45, 2.75) is 65.8 Å². The number of benzene rings is 2. The number of rotatable bonds is 8. The van der Waals surface area contributed by atoms with Crippen LogP contribution < -0.4 is 4.74 Å². The minimum atomic E-state index is -4.36. The number of carbonyl (C=O) groups excluding carboxylic acids is 1. The number of ether oxygens (including phenoxy) is 2. The molecular formula is C30H32F3NO3S. The van der Waals surface area contributed by atoms with Gasteiger partial charge in [-0.2, -0.15) is 13.2 Å². The molecule has 4 nitrogen and oxygen atoms in total. The minimum absolute atomic E-state index is 0.280. The molecule has 2 aromatic carbocycles. The number of carbonyl (C=O) groups is 1.